The quantitative estimate of drug-likeness (QED) is 0.617. The van der Waals surface area contributed by atoms with Crippen LogP contribution in [0.2, 0.25) is 0 Å². The van der Waals surface area contributed by atoms with Gasteiger partial charge in [-0.05, 0) is 27.9 Å². The molecule has 0 amide bonds. The summed E-state index contributed by atoms with van der Waals surface area (Å²) in [7, 11) is 0. The van der Waals surface area contributed by atoms with Crippen molar-refractivity contribution in [3.63, 3.8) is 0 Å². The van der Waals surface area contributed by atoms with E-state index in [4.69, 9.17) is 0 Å². The Morgan fingerprint density at radius 1 is 1.00 bits per heavy atom. The molecule has 0 aliphatic carbocycles. The van der Waals surface area contributed by atoms with Crippen molar-refractivity contribution in [3.8, 4) is 0 Å². The maximum absolute atomic E-state index is 4.30. The number of aromatic nitrogens is 1. The van der Waals surface area contributed by atoms with Gasteiger partial charge in [-0.3, -0.25) is 0 Å². The van der Waals surface area contributed by atoms with Crippen LogP contribution < -0.4 is 0 Å². The van der Waals surface area contributed by atoms with Gasteiger partial charge < -0.3 is 0 Å². The molecule has 0 spiro atoms. The molecule has 0 N–H and O–H groups in total. The monoisotopic (exact) mass is 197 g/mol. The number of hydrogen-bond donors (Lipinski definition) is 0. The van der Waals surface area contributed by atoms with Crippen molar-refractivity contribution in [2.45, 2.75) is 52.4 Å². The molecule has 0 saturated heterocycles. The second kappa shape index (κ2) is 3.09. The zero-order valence-electron chi connectivity index (χ0n) is 9.43. The lowest BCUT2D eigenvalue weighted by Gasteiger charge is -2.25. The van der Waals surface area contributed by atoms with Crippen molar-refractivity contribution in [3.05, 3.63) is 16.6 Å². The van der Waals surface area contributed by atoms with Gasteiger partial charge in [0.05, 0.1) is 0 Å². The normalized spacial score (nSPS) is 13.4. The van der Waals surface area contributed by atoms with Crippen molar-refractivity contribution >= 4 is 11.5 Å². The lowest BCUT2D eigenvalue weighted by atomic mass is 9.81. The predicted octanol–water partition coefficient (Wildman–Crippen LogP) is 3.74. The molecule has 0 radical (unpaired) electrons. The van der Waals surface area contributed by atoms with E-state index in [1.807, 2.05) is 6.20 Å². The Kier molecular flexibility index (Phi) is 2.54. The molecule has 0 aliphatic heterocycles. The third-order valence-electron chi connectivity index (χ3n) is 2.06. The molecule has 0 fully saturated rings. The van der Waals surface area contributed by atoms with Crippen LogP contribution >= 0.6 is 11.5 Å². The second-order valence-electron chi connectivity index (χ2n) is 5.57. The Morgan fingerprint density at radius 2 is 1.54 bits per heavy atom. The standard InChI is InChI=1S/C11H19NS/c1-10(2,3)8-7-12-13-9(8)11(4,5)6/h7H,1-6H3. The van der Waals surface area contributed by atoms with E-state index >= 15 is 0 Å². The summed E-state index contributed by atoms with van der Waals surface area (Å²) >= 11 is 1.63. The summed E-state index contributed by atoms with van der Waals surface area (Å²) in [4.78, 5) is 1.42. The highest BCUT2D eigenvalue weighted by molar-refractivity contribution is 7.06. The number of hydrogen-bond acceptors (Lipinski definition) is 2. The van der Waals surface area contributed by atoms with Crippen molar-refractivity contribution in [2.75, 3.05) is 0 Å². The molecule has 2 heteroatoms. The first kappa shape index (κ1) is 10.7. The summed E-state index contributed by atoms with van der Waals surface area (Å²) in [5.41, 5.74) is 1.84. The summed E-state index contributed by atoms with van der Waals surface area (Å²) < 4.78 is 4.30. The molecule has 0 aromatic carbocycles. The summed E-state index contributed by atoms with van der Waals surface area (Å²) in [5, 5.41) is 0. The fourth-order valence-electron chi connectivity index (χ4n) is 1.31. The molecule has 1 aromatic heterocycles. The van der Waals surface area contributed by atoms with E-state index in [9.17, 15) is 0 Å². The Bertz CT molecular complexity index is 257. The van der Waals surface area contributed by atoms with E-state index < -0.39 is 0 Å². The highest BCUT2D eigenvalue weighted by Gasteiger charge is 2.26. The summed E-state index contributed by atoms with van der Waals surface area (Å²) in [5.74, 6) is 0. The molecule has 0 unspecified atom stereocenters. The molecule has 1 nitrogen and oxygen atoms in total. The first-order valence-electron chi connectivity index (χ1n) is 4.68. The van der Waals surface area contributed by atoms with Crippen LogP contribution in [0.15, 0.2) is 6.20 Å². The summed E-state index contributed by atoms with van der Waals surface area (Å²) in [6.45, 7) is 13.5. The van der Waals surface area contributed by atoms with Gasteiger partial charge in [-0.15, -0.1) is 0 Å². The van der Waals surface area contributed by atoms with Gasteiger partial charge in [-0.1, -0.05) is 41.5 Å². The number of rotatable bonds is 0. The van der Waals surface area contributed by atoms with Gasteiger partial charge in [0, 0.05) is 11.1 Å². The lowest BCUT2D eigenvalue weighted by Crippen LogP contribution is -2.19. The molecule has 13 heavy (non-hydrogen) atoms. The van der Waals surface area contributed by atoms with Crippen LogP contribution in [0.1, 0.15) is 52.0 Å². The van der Waals surface area contributed by atoms with Crippen molar-refractivity contribution < 1.29 is 0 Å². The van der Waals surface area contributed by atoms with E-state index in [0.29, 0.717) is 0 Å². The van der Waals surface area contributed by atoms with E-state index in [1.54, 1.807) is 11.5 Å². The topological polar surface area (TPSA) is 12.9 Å². The van der Waals surface area contributed by atoms with Gasteiger partial charge in [-0.2, -0.15) is 0 Å². The fraction of sp³-hybridized carbons (Fsp3) is 0.727. The molecule has 1 rings (SSSR count). The van der Waals surface area contributed by atoms with Gasteiger partial charge in [0.1, 0.15) is 0 Å². The van der Waals surface area contributed by atoms with E-state index in [2.05, 4.69) is 45.9 Å². The van der Waals surface area contributed by atoms with Gasteiger partial charge in [0.15, 0.2) is 0 Å². The van der Waals surface area contributed by atoms with Gasteiger partial charge in [0.25, 0.3) is 0 Å². The van der Waals surface area contributed by atoms with Gasteiger partial charge >= 0.3 is 0 Å². The second-order valence-corrected chi connectivity index (χ2v) is 6.37. The van der Waals surface area contributed by atoms with Crippen LogP contribution in [0.5, 0.6) is 0 Å². The first-order chi connectivity index (χ1) is 5.73. The van der Waals surface area contributed by atoms with Crippen molar-refractivity contribution in [1.29, 1.82) is 0 Å². The molecule has 1 heterocycles. The Labute approximate surface area is 85.4 Å². The van der Waals surface area contributed by atoms with Crippen LogP contribution in [-0.2, 0) is 10.8 Å². The highest BCUT2D eigenvalue weighted by Crippen LogP contribution is 2.35. The molecule has 0 atom stereocenters. The summed E-state index contributed by atoms with van der Waals surface area (Å²) in [6.07, 6.45) is 2.02. The highest BCUT2D eigenvalue weighted by atomic mass is 32.1. The predicted molar refractivity (Wildman–Crippen MR) is 59.5 cm³/mol. The lowest BCUT2D eigenvalue weighted by molar-refractivity contribution is 0.541. The van der Waals surface area contributed by atoms with Crippen LogP contribution in [-0.4, -0.2) is 4.37 Å². The molecule has 0 aliphatic rings. The maximum Gasteiger partial charge on any atom is 0.0447 e. The molecule has 0 saturated carbocycles. The smallest absolute Gasteiger partial charge is 0.0447 e. The summed E-state index contributed by atoms with van der Waals surface area (Å²) in [6, 6.07) is 0. The minimum absolute atomic E-state index is 0.218. The van der Waals surface area contributed by atoms with Gasteiger partial charge in [0.2, 0.25) is 0 Å². The first-order valence-corrected chi connectivity index (χ1v) is 5.46. The fourth-order valence-corrected chi connectivity index (χ4v) is 2.31. The van der Waals surface area contributed by atoms with E-state index in [-0.39, 0.29) is 10.8 Å². The van der Waals surface area contributed by atoms with Crippen LogP contribution in [0, 0.1) is 0 Å². The van der Waals surface area contributed by atoms with Crippen LogP contribution in [0.25, 0.3) is 0 Å². The minimum atomic E-state index is 0.218. The third-order valence-corrected chi connectivity index (χ3v) is 3.29. The largest absolute Gasteiger partial charge is 0.201 e. The molecular weight excluding hydrogens is 178 g/mol. The zero-order chi connectivity index (χ0) is 10.3. The van der Waals surface area contributed by atoms with Crippen LogP contribution in [0.3, 0.4) is 0 Å². The van der Waals surface area contributed by atoms with E-state index in [1.165, 1.54) is 10.4 Å². The minimum Gasteiger partial charge on any atom is -0.201 e. The van der Waals surface area contributed by atoms with Crippen molar-refractivity contribution in [1.82, 2.24) is 4.37 Å². The Balaban J connectivity index is 3.19. The van der Waals surface area contributed by atoms with Crippen molar-refractivity contribution in [2.24, 2.45) is 0 Å². The van der Waals surface area contributed by atoms with Crippen LogP contribution in [0.4, 0.5) is 0 Å². The number of nitrogens with zero attached hydrogens (tertiary/aromatic N) is 1. The Hall–Kier alpha value is -0.370. The molecule has 0 bridgehead atoms. The molecular formula is C11H19NS. The average molecular weight is 197 g/mol. The van der Waals surface area contributed by atoms with E-state index in [0.717, 1.165) is 0 Å². The maximum atomic E-state index is 4.30. The zero-order valence-corrected chi connectivity index (χ0v) is 10.2. The SMILES string of the molecule is CC(C)(C)c1cnsc1C(C)(C)C. The molecule has 74 valence electrons. The average Bonchev–Trinajstić information content (AvgIpc) is 2.27. The molecule has 1 aromatic rings. The van der Waals surface area contributed by atoms with Gasteiger partial charge in [-0.25, -0.2) is 4.37 Å². The third kappa shape index (κ3) is 2.31. The Morgan fingerprint density at radius 3 is 1.85 bits per heavy atom.